The highest BCUT2D eigenvalue weighted by molar-refractivity contribution is 5.85. The van der Waals surface area contributed by atoms with E-state index in [0.29, 0.717) is 0 Å². The number of primary amides is 1. The molecule has 122 valence electrons. The monoisotopic (exact) mass is 305 g/mol. The minimum atomic E-state index is -0.521. The third-order valence-electron chi connectivity index (χ3n) is 3.85. The van der Waals surface area contributed by atoms with Gasteiger partial charge < -0.3 is 16.4 Å². The van der Waals surface area contributed by atoms with Gasteiger partial charge in [0.2, 0.25) is 11.8 Å². The molecule has 1 rings (SSSR count). The summed E-state index contributed by atoms with van der Waals surface area (Å²) in [6.45, 7) is 5.95. The normalized spacial score (nSPS) is 13.5. The molecule has 4 N–H and O–H groups in total. The molecule has 1 aromatic rings. The average Bonchev–Trinajstić information content (AvgIpc) is 2.51. The van der Waals surface area contributed by atoms with Crippen molar-refractivity contribution in [1.29, 1.82) is 0 Å². The van der Waals surface area contributed by atoms with E-state index in [4.69, 9.17) is 11.5 Å². The van der Waals surface area contributed by atoms with Crippen molar-refractivity contribution < 1.29 is 9.59 Å². The van der Waals surface area contributed by atoms with Crippen LogP contribution in [0.5, 0.6) is 0 Å². The molecule has 2 amide bonds. The standard InChI is InChI=1S/C17H27N3O2/c1-4-5-14-6-8-15(9-7-14)13(3)20(11-16(19)21)17(22)12(2)10-18/h6-9,12-13H,4-5,10-11,18H2,1-3H3,(H2,19,21). The fourth-order valence-electron chi connectivity index (χ4n) is 2.39. The lowest BCUT2D eigenvalue weighted by Gasteiger charge is -2.30. The molecule has 2 atom stereocenters. The fraction of sp³-hybridized carbons (Fsp3) is 0.529. The van der Waals surface area contributed by atoms with Crippen molar-refractivity contribution >= 4 is 11.8 Å². The number of nitrogens with zero attached hydrogens (tertiary/aromatic N) is 1. The molecule has 0 heterocycles. The van der Waals surface area contributed by atoms with Gasteiger partial charge in [-0.05, 0) is 24.5 Å². The van der Waals surface area contributed by atoms with Gasteiger partial charge in [0.15, 0.2) is 0 Å². The first-order chi connectivity index (χ1) is 10.4. The molecular weight excluding hydrogens is 278 g/mol. The summed E-state index contributed by atoms with van der Waals surface area (Å²) in [5.74, 6) is -1.00. The van der Waals surface area contributed by atoms with Gasteiger partial charge in [0.1, 0.15) is 0 Å². The molecule has 0 aliphatic rings. The number of hydrogen-bond donors (Lipinski definition) is 2. The van der Waals surface area contributed by atoms with E-state index in [-0.39, 0.29) is 31.0 Å². The van der Waals surface area contributed by atoms with Gasteiger partial charge in [-0.25, -0.2) is 0 Å². The van der Waals surface area contributed by atoms with Crippen molar-refractivity contribution in [3.63, 3.8) is 0 Å². The van der Waals surface area contributed by atoms with E-state index in [9.17, 15) is 9.59 Å². The van der Waals surface area contributed by atoms with Crippen LogP contribution in [0, 0.1) is 5.92 Å². The Balaban J connectivity index is 2.97. The summed E-state index contributed by atoms with van der Waals surface area (Å²) in [5.41, 5.74) is 13.1. The lowest BCUT2D eigenvalue weighted by molar-refractivity contribution is -0.140. The van der Waals surface area contributed by atoms with Crippen LogP contribution in [-0.4, -0.2) is 29.8 Å². The second kappa shape index (κ2) is 8.54. The van der Waals surface area contributed by atoms with Crippen molar-refractivity contribution in [2.24, 2.45) is 17.4 Å². The number of carbonyl (C=O) groups is 2. The number of nitrogens with two attached hydrogens (primary N) is 2. The first-order valence-electron chi connectivity index (χ1n) is 7.78. The maximum absolute atomic E-state index is 12.4. The van der Waals surface area contributed by atoms with E-state index in [1.165, 1.54) is 10.5 Å². The van der Waals surface area contributed by atoms with Gasteiger partial charge in [-0.2, -0.15) is 0 Å². The number of aryl methyl sites for hydroxylation is 1. The Hall–Kier alpha value is -1.88. The van der Waals surface area contributed by atoms with Crippen LogP contribution in [0.2, 0.25) is 0 Å². The molecule has 0 aromatic heterocycles. The third-order valence-corrected chi connectivity index (χ3v) is 3.85. The van der Waals surface area contributed by atoms with Crippen molar-refractivity contribution in [2.75, 3.05) is 13.1 Å². The Morgan fingerprint density at radius 1 is 1.18 bits per heavy atom. The quantitative estimate of drug-likeness (QED) is 0.764. The van der Waals surface area contributed by atoms with Crippen molar-refractivity contribution in [2.45, 2.75) is 39.7 Å². The summed E-state index contributed by atoms with van der Waals surface area (Å²) in [6, 6.07) is 7.92. The van der Waals surface area contributed by atoms with E-state index in [0.717, 1.165) is 18.4 Å². The van der Waals surface area contributed by atoms with E-state index in [2.05, 4.69) is 19.1 Å². The largest absolute Gasteiger partial charge is 0.368 e. The van der Waals surface area contributed by atoms with Crippen LogP contribution >= 0.6 is 0 Å². The zero-order valence-electron chi connectivity index (χ0n) is 13.7. The van der Waals surface area contributed by atoms with Gasteiger partial charge in [0, 0.05) is 12.5 Å². The van der Waals surface area contributed by atoms with Crippen LogP contribution < -0.4 is 11.5 Å². The van der Waals surface area contributed by atoms with E-state index < -0.39 is 5.91 Å². The summed E-state index contributed by atoms with van der Waals surface area (Å²) < 4.78 is 0. The second-order valence-electron chi connectivity index (χ2n) is 5.74. The molecule has 0 saturated carbocycles. The summed E-state index contributed by atoms with van der Waals surface area (Å²) >= 11 is 0. The molecule has 0 fully saturated rings. The van der Waals surface area contributed by atoms with Gasteiger partial charge in [-0.15, -0.1) is 0 Å². The molecule has 0 aliphatic heterocycles. The van der Waals surface area contributed by atoms with Crippen LogP contribution in [0.15, 0.2) is 24.3 Å². The molecule has 0 radical (unpaired) electrons. The third kappa shape index (κ3) is 4.84. The topological polar surface area (TPSA) is 89.4 Å². The van der Waals surface area contributed by atoms with Crippen LogP contribution in [0.25, 0.3) is 0 Å². The van der Waals surface area contributed by atoms with Gasteiger partial charge >= 0.3 is 0 Å². The Bertz CT molecular complexity index is 499. The summed E-state index contributed by atoms with van der Waals surface area (Å²) in [7, 11) is 0. The molecular formula is C17H27N3O2. The number of hydrogen-bond acceptors (Lipinski definition) is 3. The number of amides is 2. The van der Waals surface area contributed by atoms with Crippen molar-refractivity contribution in [1.82, 2.24) is 4.90 Å². The maximum Gasteiger partial charge on any atom is 0.237 e. The van der Waals surface area contributed by atoms with Crippen LogP contribution in [0.4, 0.5) is 0 Å². The first-order valence-corrected chi connectivity index (χ1v) is 7.78. The first kappa shape index (κ1) is 18.2. The Labute approximate surface area is 132 Å². The number of benzene rings is 1. The van der Waals surface area contributed by atoms with Gasteiger partial charge in [0.05, 0.1) is 12.6 Å². The number of carbonyl (C=O) groups excluding carboxylic acids is 2. The predicted molar refractivity (Wildman–Crippen MR) is 88.0 cm³/mol. The summed E-state index contributed by atoms with van der Waals surface area (Å²) in [4.78, 5) is 25.2. The van der Waals surface area contributed by atoms with E-state index >= 15 is 0 Å². The maximum atomic E-state index is 12.4. The second-order valence-corrected chi connectivity index (χ2v) is 5.74. The molecule has 5 nitrogen and oxygen atoms in total. The molecule has 2 unspecified atom stereocenters. The zero-order chi connectivity index (χ0) is 16.7. The number of rotatable bonds is 8. The zero-order valence-corrected chi connectivity index (χ0v) is 13.7. The highest BCUT2D eigenvalue weighted by Gasteiger charge is 2.26. The highest BCUT2D eigenvalue weighted by atomic mass is 16.2. The van der Waals surface area contributed by atoms with Crippen LogP contribution in [-0.2, 0) is 16.0 Å². The molecule has 5 heteroatoms. The highest BCUT2D eigenvalue weighted by Crippen LogP contribution is 2.22. The Morgan fingerprint density at radius 3 is 2.23 bits per heavy atom. The summed E-state index contributed by atoms with van der Waals surface area (Å²) in [6.07, 6.45) is 2.12. The molecule has 0 bridgehead atoms. The lowest BCUT2D eigenvalue weighted by atomic mass is 10.0. The molecule has 0 aliphatic carbocycles. The predicted octanol–water partition coefficient (Wildman–Crippen LogP) is 1.61. The molecule has 0 saturated heterocycles. The minimum absolute atomic E-state index is 0.0962. The Kier molecular flexibility index (Phi) is 7.05. The molecule has 22 heavy (non-hydrogen) atoms. The minimum Gasteiger partial charge on any atom is -0.368 e. The van der Waals surface area contributed by atoms with Crippen molar-refractivity contribution in [3.8, 4) is 0 Å². The van der Waals surface area contributed by atoms with Crippen LogP contribution in [0.1, 0.15) is 44.4 Å². The van der Waals surface area contributed by atoms with Gasteiger partial charge in [-0.3, -0.25) is 9.59 Å². The smallest absolute Gasteiger partial charge is 0.237 e. The van der Waals surface area contributed by atoms with Gasteiger partial charge in [0.25, 0.3) is 0 Å². The van der Waals surface area contributed by atoms with E-state index in [1.54, 1.807) is 6.92 Å². The molecule has 1 aromatic carbocycles. The van der Waals surface area contributed by atoms with Gasteiger partial charge in [-0.1, -0.05) is 44.5 Å². The van der Waals surface area contributed by atoms with Crippen LogP contribution in [0.3, 0.4) is 0 Å². The molecule has 0 spiro atoms. The lowest BCUT2D eigenvalue weighted by Crippen LogP contribution is -2.44. The van der Waals surface area contributed by atoms with E-state index in [1.807, 2.05) is 19.1 Å². The SMILES string of the molecule is CCCc1ccc(C(C)N(CC(N)=O)C(=O)C(C)CN)cc1. The average molecular weight is 305 g/mol. The summed E-state index contributed by atoms with van der Waals surface area (Å²) in [5, 5.41) is 0. The van der Waals surface area contributed by atoms with Crippen molar-refractivity contribution in [3.05, 3.63) is 35.4 Å². The Morgan fingerprint density at radius 2 is 1.77 bits per heavy atom. The fourth-order valence-corrected chi connectivity index (χ4v) is 2.39.